The summed E-state index contributed by atoms with van der Waals surface area (Å²) in [6, 6.07) is 17.0. The molecule has 4 fully saturated rings. The maximum Gasteiger partial charge on any atom is 0.328 e. The number of rotatable bonds is 8. The van der Waals surface area contributed by atoms with Crippen LogP contribution in [0.1, 0.15) is 49.7 Å². The number of benzene rings is 2. The lowest BCUT2D eigenvalue weighted by Gasteiger charge is -2.55. The maximum absolute atomic E-state index is 13.5. The molecular formula is C28H33NO4. The summed E-state index contributed by atoms with van der Waals surface area (Å²) in [6.45, 7) is 0.480. The summed E-state index contributed by atoms with van der Waals surface area (Å²) >= 11 is 0. The van der Waals surface area contributed by atoms with Gasteiger partial charge >= 0.3 is 5.97 Å². The SMILES string of the molecule is COC(=O)[C@H](Cc1cccc(OCc2ccccc2)c1)NC(=O)C12CC3CC(CC(C3)C1)C2. The fraction of sp³-hybridized carbons (Fsp3) is 0.500. The average Bonchev–Trinajstić information content (AvgIpc) is 2.82. The van der Waals surface area contributed by atoms with E-state index in [1.54, 1.807) is 0 Å². The molecule has 0 aromatic heterocycles. The van der Waals surface area contributed by atoms with Gasteiger partial charge in [-0.2, -0.15) is 0 Å². The first-order chi connectivity index (χ1) is 16.0. The van der Waals surface area contributed by atoms with Crippen molar-refractivity contribution in [3.8, 4) is 5.75 Å². The molecule has 4 aliphatic rings. The van der Waals surface area contributed by atoms with Crippen molar-refractivity contribution >= 4 is 11.9 Å². The minimum absolute atomic E-state index is 0.0495. The first-order valence-corrected chi connectivity index (χ1v) is 12.2. The van der Waals surface area contributed by atoms with Gasteiger partial charge in [-0.25, -0.2) is 4.79 Å². The van der Waals surface area contributed by atoms with Crippen molar-refractivity contribution in [1.82, 2.24) is 5.32 Å². The average molecular weight is 448 g/mol. The van der Waals surface area contributed by atoms with Crippen molar-refractivity contribution in [2.75, 3.05) is 7.11 Å². The van der Waals surface area contributed by atoms with Crippen molar-refractivity contribution in [3.63, 3.8) is 0 Å². The van der Waals surface area contributed by atoms with Crippen LogP contribution < -0.4 is 10.1 Å². The second-order valence-electron chi connectivity index (χ2n) is 10.4. The highest BCUT2D eigenvalue weighted by atomic mass is 16.5. The van der Waals surface area contributed by atoms with Crippen molar-refractivity contribution in [2.24, 2.45) is 23.2 Å². The molecule has 4 aliphatic carbocycles. The number of hydrogen-bond acceptors (Lipinski definition) is 4. The standard InChI is InChI=1S/C28H33NO4/c1-32-26(30)25(29-27(31)28-15-21-10-22(16-28)12-23(11-21)17-28)14-20-8-5-9-24(13-20)33-18-19-6-3-2-4-7-19/h2-9,13,21-23,25H,10-12,14-18H2,1H3,(H,29,31)/t21?,22?,23?,25-,28?/m0/s1. The predicted molar refractivity (Wildman–Crippen MR) is 125 cm³/mol. The van der Waals surface area contributed by atoms with Crippen molar-refractivity contribution < 1.29 is 19.1 Å². The number of carbonyl (C=O) groups is 2. The molecular weight excluding hydrogens is 414 g/mol. The summed E-state index contributed by atoms with van der Waals surface area (Å²) in [5.41, 5.74) is 1.74. The summed E-state index contributed by atoms with van der Waals surface area (Å²) in [7, 11) is 1.38. The number of methoxy groups -OCH3 is 1. The minimum atomic E-state index is -0.695. The van der Waals surface area contributed by atoms with Crippen LogP contribution in [0.15, 0.2) is 54.6 Å². The molecule has 6 rings (SSSR count). The number of esters is 1. The molecule has 0 unspecified atom stereocenters. The quantitative estimate of drug-likeness (QED) is 0.597. The monoisotopic (exact) mass is 447 g/mol. The molecule has 4 saturated carbocycles. The van der Waals surface area contributed by atoms with Crippen LogP contribution >= 0.6 is 0 Å². The lowest BCUT2D eigenvalue weighted by Crippen LogP contribution is -2.56. The normalized spacial score (nSPS) is 28.2. The van der Waals surface area contributed by atoms with Crippen LogP contribution in [0.25, 0.3) is 0 Å². The van der Waals surface area contributed by atoms with Crippen LogP contribution in [0, 0.1) is 23.2 Å². The number of hydrogen-bond donors (Lipinski definition) is 1. The number of nitrogens with one attached hydrogen (secondary N) is 1. The number of carbonyl (C=O) groups excluding carboxylic acids is 2. The molecule has 0 aliphatic heterocycles. The van der Waals surface area contributed by atoms with E-state index in [9.17, 15) is 9.59 Å². The Labute approximate surface area is 195 Å². The van der Waals surface area contributed by atoms with Crippen molar-refractivity contribution in [3.05, 3.63) is 65.7 Å². The van der Waals surface area contributed by atoms with Gasteiger partial charge in [0.15, 0.2) is 0 Å². The first kappa shape index (κ1) is 22.0. The topological polar surface area (TPSA) is 64.6 Å². The molecule has 5 heteroatoms. The van der Waals surface area contributed by atoms with Crippen LogP contribution in [0.5, 0.6) is 5.75 Å². The van der Waals surface area contributed by atoms with Crippen LogP contribution in [-0.4, -0.2) is 25.0 Å². The summed E-state index contributed by atoms with van der Waals surface area (Å²) in [6.07, 6.45) is 7.14. The van der Waals surface area contributed by atoms with E-state index in [0.29, 0.717) is 30.8 Å². The Kier molecular flexibility index (Phi) is 6.13. The minimum Gasteiger partial charge on any atom is -0.489 e. The highest BCUT2D eigenvalue weighted by Gasteiger charge is 2.55. The van der Waals surface area contributed by atoms with E-state index in [0.717, 1.165) is 36.1 Å². The number of amides is 1. The van der Waals surface area contributed by atoms with E-state index >= 15 is 0 Å². The van der Waals surface area contributed by atoms with Crippen molar-refractivity contribution in [1.29, 1.82) is 0 Å². The van der Waals surface area contributed by atoms with Gasteiger partial charge in [0.25, 0.3) is 0 Å². The third-order valence-electron chi connectivity index (χ3n) is 7.90. The largest absolute Gasteiger partial charge is 0.489 e. The number of ether oxygens (including phenoxy) is 2. The van der Waals surface area contributed by atoms with E-state index in [1.165, 1.54) is 26.4 Å². The summed E-state index contributed by atoms with van der Waals surface area (Å²) < 4.78 is 11.0. The molecule has 0 saturated heterocycles. The van der Waals surface area contributed by atoms with Gasteiger partial charge < -0.3 is 14.8 Å². The van der Waals surface area contributed by atoms with Crippen LogP contribution in [0.3, 0.4) is 0 Å². The summed E-state index contributed by atoms with van der Waals surface area (Å²) in [5, 5.41) is 3.10. The highest BCUT2D eigenvalue weighted by Crippen LogP contribution is 2.60. The van der Waals surface area contributed by atoms with Gasteiger partial charge in [-0.15, -0.1) is 0 Å². The Morgan fingerprint density at radius 2 is 1.58 bits per heavy atom. The molecule has 174 valence electrons. The van der Waals surface area contributed by atoms with E-state index in [4.69, 9.17) is 9.47 Å². The fourth-order valence-electron chi connectivity index (χ4n) is 6.77. The third-order valence-corrected chi connectivity index (χ3v) is 7.90. The van der Waals surface area contributed by atoms with Gasteiger partial charge in [0, 0.05) is 11.8 Å². The Morgan fingerprint density at radius 1 is 0.939 bits per heavy atom. The molecule has 4 bridgehead atoms. The first-order valence-electron chi connectivity index (χ1n) is 12.2. The van der Waals surface area contributed by atoms with E-state index in [2.05, 4.69) is 5.32 Å². The van der Waals surface area contributed by atoms with Gasteiger partial charge in [0.1, 0.15) is 18.4 Å². The van der Waals surface area contributed by atoms with Crippen LogP contribution in [0.2, 0.25) is 0 Å². The van der Waals surface area contributed by atoms with E-state index in [1.807, 2.05) is 54.6 Å². The Hall–Kier alpha value is -2.82. The molecule has 0 spiro atoms. The Balaban J connectivity index is 1.26. The van der Waals surface area contributed by atoms with Gasteiger partial charge in [-0.05, 0) is 79.5 Å². The molecule has 1 amide bonds. The van der Waals surface area contributed by atoms with Gasteiger partial charge in [-0.3, -0.25) is 4.79 Å². The van der Waals surface area contributed by atoms with Crippen molar-refractivity contribution in [2.45, 2.75) is 57.6 Å². The van der Waals surface area contributed by atoms with Gasteiger partial charge in [0.05, 0.1) is 7.11 Å². The van der Waals surface area contributed by atoms with Crippen LogP contribution in [0.4, 0.5) is 0 Å². The lowest BCUT2D eigenvalue weighted by molar-refractivity contribution is -0.152. The molecule has 0 radical (unpaired) electrons. The fourth-order valence-corrected chi connectivity index (χ4v) is 6.77. The van der Waals surface area contributed by atoms with E-state index < -0.39 is 12.0 Å². The Morgan fingerprint density at radius 3 is 2.21 bits per heavy atom. The summed E-state index contributed by atoms with van der Waals surface area (Å²) in [5.74, 6) is 2.43. The highest BCUT2D eigenvalue weighted by molar-refractivity contribution is 5.88. The molecule has 1 N–H and O–H groups in total. The second-order valence-corrected chi connectivity index (χ2v) is 10.4. The smallest absolute Gasteiger partial charge is 0.328 e. The molecule has 0 heterocycles. The molecule has 5 nitrogen and oxygen atoms in total. The lowest BCUT2D eigenvalue weighted by atomic mass is 9.49. The van der Waals surface area contributed by atoms with Gasteiger partial charge in [-0.1, -0.05) is 42.5 Å². The zero-order valence-corrected chi connectivity index (χ0v) is 19.3. The molecule has 33 heavy (non-hydrogen) atoms. The zero-order valence-electron chi connectivity index (χ0n) is 19.3. The predicted octanol–water partition coefficient (Wildman–Crippen LogP) is 4.68. The third kappa shape index (κ3) is 4.78. The molecule has 2 aromatic carbocycles. The Bertz CT molecular complexity index is 967. The van der Waals surface area contributed by atoms with E-state index in [-0.39, 0.29) is 11.3 Å². The maximum atomic E-state index is 13.5. The molecule has 2 aromatic rings. The van der Waals surface area contributed by atoms with Gasteiger partial charge in [0.2, 0.25) is 5.91 Å². The summed E-state index contributed by atoms with van der Waals surface area (Å²) in [4.78, 5) is 26.1. The molecule has 1 atom stereocenters. The second kappa shape index (κ2) is 9.20. The zero-order chi connectivity index (χ0) is 22.8. The van der Waals surface area contributed by atoms with Crippen LogP contribution in [-0.2, 0) is 27.4 Å².